The normalized spacial score (nSPS) is 17.5. The molecule has 1 atom stereocenters. The van der Waals surface area contributed by atoms with Crippen LogP contribution in [0.15, 0.2) is 66.2 Å². The molecule has 1 N–H and O–H groups in total. The average Bonchev–Trinajstić information content (AvgIpc) is 3.10. The fraction of sp³-hybridized carbons (Fsp3) is 0.241. The number of Topliss-reactive ketones (excluding diaryl/α,β-unsaturated/α-hetero) is 1. The van der Waals surface area contributed by atoms with Crippen molar-refractivity contribution in [2.24, 2.45) is 0 Å². The van der Waals surface area contributed by atoms with Crippen LogP contribution >= 0.6 is 11.6 Å². The molecule has 1 fully saturated rings. The molecular formula is C29H27ClFNO4. The van der Waals surface area contributed by atoms with Gasteiger partial charge in [-0.15, -0.1) is 0 Å². The van der Waals surface area contributed by atoms with Crippen LogP contribution in [0.25, 0.3) is 5.76 Å². The van der Waals surface area contributed by atoms with Gasteiger partial charge in [-0.05, 0) is 59.4 Å². The van der Waals surface area contributed by atoms with E-state index in [0.29, 0.717) is 16.3 Å². The minimum Gasteiger partial charge on any atom is -0.507 e. The van der Waals surface area contributed by atoms with Gasteiger partial charge < -0.3 is 9.84 Å². The number of aryl methyl sites for hydroxylation is 1. The SMILES string of the molecule is COc1ccc(F)cc1/C(O)=C1\C(=O)C(=O)N(c2cc(Cl)ccc2C)C1c1ccc(C(C)(C)C)cc1. The third-order valence-corrected chi connectivity index (χ3v) is 6.62. The third-order valence-electron chi connectivity index (χ3n) is 6.38. The molecule has 3 aromatic rings. The quantitative estimate of drug-likeness (QED) is 0.242. The number of halogens is 2. The van der Waals surface area contributed by atoms with Crippen LogP contribution < -0.4 is 9.64 Å². The first kappa shape index (κ1) is 25.5. The van der Waals surface area contributed by atoms with Crippen molar-refractivity contribution in [2.75, 3.05) is 12.0 Å². The number of methoxy groups -OCH3 is 1. The van der Waals surface area contributed by atoms with E-state index < -0.39 is 29.3 Å². The molecule has 7 heteroatoms. The first-order valence-electron chi connectivity index (χ1n) is 11.5. The number of carbonyl (C=O) groups excluding carboxylic acids is 2. The lowest BCUT2D eigenvalue weighted by molar-refractivity contribution is -0.132. The predicted octanol–water partition coefficient (Wildman–Crippen LogP) is 6.72. The molecule has 1 amide bonds. The Hall–Kier alpha value is -3.64. The summed E-state index contributed by atoms with van der Waals surface area (Å²) < 4.78 is 19.4. The van der Waals surface area contributed by atoms with Gasteiger partial charge in [-0.1, -0.05) is 62.7 Å². The van der Waals surface area contributed by atoms with Crippen molar-refractivity contribution in [1.82, 2.24) is 0 Å². The van der Waals surface area contributed by atoms with Crippen molar-refractivity contribution >= 4 is 34.7 Å². The van der Waals surface area contributed by atoms with Gasteiger partial charge in [-0.3, -0.25) is 14.5 Å². The van der Waals surface area contributed by atoms with E-state index in [1.807, 2.05) is 24.3 Å². The molecule has 0 saturated carbocycles. The highest BCUT2D eigenvalue weighted by molar-refractivity contribution is 6.52. The lowest BCUT2D eigenvalue weighted by atomic mass is 9.85. The number of benzene rings is 3. The molecule has 1 aliphatic heterocycles. The van der Waals surface area contributed by atoms with E-state index in [1.165, 1.54) is 24.1 Å². The van der Waals surface area contributed by atoms with Crippen LogP contribution in [0.5, 0.6) is 5.75 Å². The summed E-state index contributed by atoms with van der Waals surface area (Å²) in [7, 11) is 1.38. The predicted molar refractivity (Wildman–Crippen MR) is 139 cm³/mol. The Morgan fingerprint density at radius 3 is 2.31 bits per heavy atom. The van der Waals surface area contributed by atoms with Crippen LogP contribution in [0.3, 0.4) is 0 Å². The van der Waals surface area contributed by atoms with Crippen molar-refractivity contribution in [3.8, 4) is 5.75 Å². The third kappa shape index (κ3) is 4.49. The molecule has 0 aromatic heterocycles. The van der Waals surface area contributed by atoms with Crippen LogP contribution in [-0.2, 0) is 15.0 Å². The Labute approximate surface area is 214 Å². The Balaban J connectivity index is 2.00. The molecule has 1 saturated heterocycles. The highest BCUT2D eigenvalue weighted by Crippen LogP contribution is 2.45. The summed E-state index contributed by atoms with van der Waals surface area (Å²) in [6.07, 6.45) is 0. The first-order chi connectivity index (χ1) is 16.9. The highest BCUT2D eigenvalue weighted by atomic mass is 35.5. The number of ketones is 1. The number of ether oxygens (including phenoxy) is 1. The molecule has 3 aromatic carbocycles. The van der Waals surface area contributed by atoms with Crippen LogP contribution in [0.4, 0.5) is 10.1 Å². The second kappa shape index (κ2) is 9.43. The largest absolute Gasteiger partial charge is 0.507 e. The van der Waals surface area contributed by atoms with Gasteiger partial charge in [0.05, 0.1) is 24.3 Å². The molecule has 5 nitrogen and oxygen atoms in total. The molecule has 0 bridgehead atoms. The Morgan fingerprint density at radius 1 is 1.03 bits per heavy atom. The number of hydrogen-bond donors (Lipinski definition) is 1. The molecule has 1 heterocycles. The van der Waals surface area contributed by atoms with Gasteiger partial charge in [0.25, 0.3) is 11.7 Å². The van der Waals surface area contributed by atoms with E-state index >= 15 is 0 Å². The number of carbonyl (C=O) groups is 2. The van der Waals surface area contributed by atoms with Gasteiger partial charge >= 0.3 is 0 Å². The van der Waals surface area contributed by atoms with E-state index in [0.717, 1.165) is 17.2 Å². The molecule has 36 heavy (non-hydrogen) atoms. The molecule has 0 radical (unpaired) electrons. The second-order valence-electron chi connectivity index (χ2n) is 9.82. The van der Waals surface area contributed by atoms with Gasteiger partial charge in [0.1, 0.15) is 17.3 Å². The van der Waals surface area contributed by atoms with Crippen LogP contribution in [0.1, 0.15) is 49.1 Å². The summed E-state index contributed by atoms with van der Waals surface area (Å²) in [6, 6.07) is 15.2. The van der Waals surface area contributed by atoms with E-state index in [9.17, 15) is 19.1 Å². The van der Waals surface area contributed by atoms with Gasteiger partial charge in [0.2, 0.25) is 0 Å². The zero-order valence-electron chi connectivity index (χ0n) is 20.7. The summed E-state index contributed by atoms with van der Waals surface area (Å²) >= 11 is 6.25. The molecule has 1 unspecified atom stereocenters. The Morgan fingerprint density at radius 2 is 1.69 bits per heavy atom. The Bertz CT molecular complexity index is 1390. The molecule has 1 aliphatic rings. The summed E-state index contributed by atoms with van der Waals surface area (Å²) in [5, 5.41) is 11.8. The average molecular weight is 508 g/mol. The number of anilines is 1. The van der Waals surface area contributed by atoms with Crippen molar-refractivity contribution in [3.63, 3.8) is 0 Å². The number of nitrogens with zero attached hydrogens (tertiary/aromatic N) is 1. The second-order valence-corrected chi connectivity index (χ2v) is 10.3. The maximum Gasteiger partial charge on any atom is 0.300 e. The lowest BCUT2D eigenvalue weighted by Crippen LogP contribution is -2.30. The lowest BCUT2D eigenvalue weighted by Gasteiger charge is -2.28. The maximum atomic E-state index is 14.2. The standard InChI is InChI=1S/C29H27ClFNO4/c1-16-6-11-19(30)14-22(16)32-25(17-7-9-18(10-8-17)29(2,3)4)24(27(34)28(32)35)26(33)21-15-20(31)12-13-23(21)36-5/h6-15,25,33H,1-5H3/b26-24+. The number of rotatable bonds is 4. The van der Waals surface area contributed by atoms with Crippen molar-refractivity contribution in [2.45, 2.75) is 39.2 Å². The summed E-state index contributed by atoms with van der Waals surface area (Å²) in [6.45, 7) is 8.05. The van der Waals surface area contributed by atoms with Gasteiger partial charge in [0, 0.05) is 10.7 Å². The molecular weight excluding hydrogens is 481 g/mol. The topological polar surface area (TPSA) is 66.8 Å². The minimum atomic E-state index is -0.968. The minimum absolute atomic E-state index is 0.0189. The molecule has 0 aliphatic carbocycles. The zero-order valence-corrected chi connectivity index (χ0v) is 21.5. The summed E-state index contributed by atoms with van der Waals surface area (Å²) in [4.78, 5) is 28.2. The fourth-order valence-corrected chi connectivity index (χ4v) is 4.58. The highest BCUT2D eigenvalue weighted by Gasteiger charge is 2.47. The van der Waals surface area contributed by atoms with Gasteiger partial charge in [-0.25, -0.2) is 4.39 Å². The fourth-order valence-electron chi connectivity index (χ4n) is 4.41. The first-order valence-corrected chi connectivity index (χ1v) is 11.8. The van der Waals surface area contributed by atoms with Crippen LogP contribution in [0, 0.1) is 12.7 Å². The summed E-state index contributed by atoms with van der Waals surface area (Å²) in [5.41, 5.74) is 2.55. The van der Waals surface area contributed by atoms with E-state index in [4.69, 9.17) is 16.3 Å². The van der Waals surface area contributed by atoms with Gasteiger partial charge in [0.15, 0.2) is 0 Å². The van der Waals surface area contributed by atoms with E-state index in [1.54, 1.807) is 25.1 Å². The van der Waals surface area contributed by atoms with Crippen molar-refractivity contribution in [1.29, 1.82) is 0 Å². The number of aliphatic hydroxyl groups excluding tert-OH is 1. The monoisotopic (exact) mass is 507 g/mol. The number of amides is 1. The zero-order chi connectivity index (χ0) is 26.4. The van der Waals surface area contributed by atoms with Crippen LogP contribution in [0.2, 0.25) is 5.02 Å². The van der Waals surface area contributed by atoms with E-state index in [2.05, 4.69) is 20.8 Å². The molecule has 4 rings (SSSR count). The van der Waals surface area contributed by atoms with Crippen molar-refractivity contribution < 1.29 is 23.8 Å². The maximum absolute atomic E-state index is 14.2. The number of hydrogen-bond acceptors (Lipinski definition) is 4. The number of aliphatic hydroxyl groups is 1. The van der Waals surface area contributed by atoms with E-state index in [-0.39, 0.29) is 22.3 Å². The van der Waals surface area contributed by atoms with Crippen molar-refractivity contribution in [3.05, 3.63) is 99.3 Å². The molecule has 186 valence electrons. The van der Waals surface area contributed by atoms with Crippen LogP contribution in [-0.4, -0.2) is 23.9 Å². The summed E-state index contributed by atoms with van der Waals surface area (Å²) in [5.74, 6) is -2.67. The van der Waals surface area contributed by atoms with Gasteiger partial charge in [-0.2, -0.15) is 0 Å². The molecule has 0 spiro atoms. The Kier molecular flexibility index (Phi) is 6.67. The smallest absolute Gasteiger partial charge is 0.300 e.